The largest absolute Gasteiger partial charge is 0.168 e. The predicted octanol–water partition coefficient (Wildman–Crippen LogP) is 6.91. The van der Waals surface area contributed by atoms with Crippen molar-refractivity contribution in [3.05, 3.63) is 12.7 Å². The molecule has 0 aromatic heterocycles. The van der Waals surface area contributed by atoms with Crippen LogP contribution in [0.3, 0.4) is 0 Å². The van der Waals surface area contributed by atoms with E-state index in [-0.39, 0.29) is 0 Å². The zero-order valence-electron chi connectivity index (χ0n) is 12.6. The Morgan fingerprint density at radius 2 is 1.17 bits per heavy atom. The number of unbranched alkanes of at least 4 members (excludes halogenated alkanes) is 10. The molecular weight excluding hydrogens is 256 g/mol. The van der Waals surface area contributed by atoms with Crippen molar-refractivity contribution < 1.29 is 0 Å². The predicted molar refractivity (Wildman–Crippen MR) is 89.1 cm³/mol. The van der Waals surface area contributed by atoms with Crippen LogP contribution >= 0.6 is 11.1 Å². The van der Waals surface area contributed by atoms with E-state index in [1.807, 2.05) is 6.08 Å². The molecule has 0 aromatic carbocycles. The molecule has 0 amide bonds. The third-order valence-corrected chi connectivity index (χ3v) is 5.54. The van der Waals surface area contributed by atoms with E-state index in [9.17, 15) is 0 Å². The van der Waals surface area contributed by atoms with Gasteiger partial charge in [0.05, 0.1) is 0 Å². The van der Waals surface area contributed by atoms with Crippen LogP contribution in [-0.2, 0) is 0 Å². The number of allylic oxidation sites excluding steroid dienone is 1. The maximum Gasteiger partial charge on any atom is 0.150 e. The molecule has 0 aliphatic carbocycles. The van der Waals surface area contributed by atoms with Gasteiger partial charge in [-0.25, -0.2) is 0 Å². The lowest BCUT2D eigenvalue weighted by Crippen LogP contribution is -2.14. The van der Waals surface area contributed by atoms with Crippen LogP contribution < -0.4 is 0 Å². The van der Waals surface area contributed by atoms with E-state index >= 15 is 0 Å². The maximum absolute atomic E-state index is 6.30. The second-order valence-electron chi connectivity index (χ2n) is 6.08. The first-order chi connectivity index (χ1) is 8.56. The fraction of sp³-hybridized carbons (Fsp3) is 0.875. The molecule has 0 heterocycles. The molecule has 0 radical (unpaired) electrons. The topological polar surface area (TPSA) is 0 Å². The first-order valence-corrected chi connectivity index (χ1v) is 12.1. The number of hydrogen-bond donors (Lipinski definition) is 0. The summed E-state index contributed by atoms with van der Waals surface area (Å²) in [7, 11) is -1.29. The molecule has 0 N–H and O–H groups in total. The molecule has 18 heavy (non-hydrogen) atoms. The van der Waals surface area contributed by atoms with Gasteiger partial charge in [0.1, 0.15) is 7.38 Å². The normalized spacial score (nSPS) is 11.7. The van der Waals surface area contributed by atoms with Gasteiger partial charge in [-0.2, -0.15) is 11.1 Å². The summed E-state index contributed by atoms with van der Waals surface area (Å²) in [6.07, 6.45) is 17.3. The number of rotatable bonds is 13. The summed E-state index contributed by atoms with van der Waals surface area (Å²) in [4.78, 5) is 0. The molecular formula is C16H33ClSi. The zero-order valence-corrected chi connectivity index (χ0v) is 14.4. The summed E-state index contributed by atoms with van der Waals surface area (Å²) in [5.41, 5.74) is 0. The van der Waals surface area contributed by atoms with Gasteiger partial charge in [-0.05, 0) is 18.9 Å². The van der Waals surface area contributed by atoms with Crippen LogP contribution in [0.1, 0.15) is 70.6 Å². The van der Waals surface area contributed by atoms with Crippen molar-refractivity contribution in [1.82, 2.24) is 0 Å². The lowest BCUT2D eigenvalue weighted by Gasteiger charge is -2.11. The quantitative estimate of drug-likeness (QED) is 0.149. The van der Waals surface area contributed by atoms with E-state index in [1.165, 1.54) is 76.7 Å². The minimum absolute atomic E-state index is 1.19. The summed E-state index contributed by atoms with van der Waals surface area (Å²) in [5, 5.41) is 0. The summed E-state index contributed by atoms with van der Waals surface area (Å²) in [6, 6.07) is 1.29. The molecule has 2 heteroatoms. The van der Waals surface area contributed by atoms with Gasteiger partial charge in [0.15, 0.2) is 0 Å². The number of halogens is 1. The lowest BCUT2D eigenvalue weighted by molar-refractivity contribution is 0.557. The van der Waals surface area contributed by atoms with Gasteiger partial charge in [0, 0.05) is 0 Å². The lowest BCUT2D eigenvalue weighted by atomic mass is 10.1. The molecule has 0 saturated carbocycles. The smallest absolute Gasteiger partial charge is 0.150 e. The van der Waals surface area contributed by atoms with Crippen LogP contribution in [0.4, 0.5) is 0 Å². The van der Waals surface area contributed by atoms with Crippen molar-refractivity contribution in [3.8, 4) is 0 Å². The fourth-order valence-corrected chi connectivity index (χ4v) is 3.74. The molecule has 108 valence electrons. The van der Waals surface area contributed by atoms with Gasteiger partial charge in [0.2, 0.25) is 0 Å². The van der Waals surface area contributed by atoms with Crippen LogP contribution in [0.15, 0.2) is 12.7 Å². The number of hydrogen-bond acceptors (Lipinski definition) is 0. The Balaban J connectivity index is 3.01. The van der Waals surface area contributed by atoms with E-state index in [1.54, 1.807) is 0 Å². The van der Waals surface area contributed by atoms with E-state index < -0.39 is 7.38 Å². The average molecular weight is 289 g/mol. The first kappa shape index (κ1) is 18.2. The van der Waals surface area contributed by atoms with Crippen LogP contribution in [0.25, 0.3) is 0 Å². The molecule has 0 atom stereocenters. The average Bonchev–Trinajstić information content (AvgIpc) is 2.29. The Bertz CT molecular complexity index is 184. The summed E-state index contributed by atoms with van der Waals surface area (Å²) in [6.45, 7) is 8.25. The monoisotopic (exact) mass is 288 g/mol. The molecule has 0 nitrogen and oxygen atoms in total. The van der Waals surface area contributed by atoms with Crippen molar-refractivity contribution in [1.29, 1.82) is 0 Å². The molecule has 0 aliphatic rings. The second kappa shape index (κ2) is 12.3. The molecule has 0 saturated heterocycles. The fourth-order valence-electron chi connectivity index (χ4n) is 2.25. The van der Waals surface area contributed by atoms with Gasteiger partial charge in [-0.15, -0.1) is 6.58 Å². The van der Waals surface area contributed by atoms with Gasteiger partial charge < -0.3 is 0 Å². The third-order valence-electron chi connectivity index (χ3n) is 3.43. The van der Waals surface area contributed by atoms with Crippen molar-refractivity contribution in [3.63, 3.8) is 0 Å². The third kappa shape index (κ3) is 16.2. The van der Waals surface area contributed by atoms with Crippen LogP contribution in [0.5, 0.6) is 0 Å². The summed E-state index contributed by atoms with van der Waals surface area (Å²) >= 11 is 6.30. The van der Waals surface area contributed by atoms with E-state index in [4.69, 9.17) is 11.1 Å². The minimum atomic E-state index is -1.29. The van der Waals surface area contributed by atoms with Crippen LogP contribution in [0.2, 0.25) is 19.1 Å². The van der Waals surface area contributed by atoms with Crippen molar-refractivity contribution in [2.75, 3.05) is 0 Å². The van der Waals surface area contributed by atoms with Gasteiger partial charge in [-0.3, -0.25) is 0 Å². The van der Waals surface area contributed by atoms with E-state index in [2.05, 4.69) is 19.7 Å². The van der Waals surface area contributed by atoms with E-state index in [0.717, 1.165) is 0 Å². The van der Waals surface area contributed by atoms with Gasteiger partial charge in [-0.1, -0.05) is 77.0 Å². The first-order valence-electron chi connectivity index (χ1n) is 7.86. The second-order valence-corrected chi connectivity index (χ2v) is 13.1. The molecule has 0 rings (SSSR count). The molecule has 0 aliphatic heterocycles. The highest BCUT2D eigenvalue weighted by Crippen LogP contribution is 2.19. The van der Waals surface area contributed by atoms with Crippen molar-refractivity contribution in [2.45, 2.75) is 89.8 Å². The molecule has 0 spiro atoms. The Morgan fingerprint density at radius 1 is 0.778 bits per heavy atom. The molecule has 0 fully saturated rings. The highest BCUT2D eigenvalue weighted by atomic mass is 35.6. The summed E-state index contributed by atoms with van der Waals surface area (Å²) < 4.78 is 0. The SMILES string of the molecule is C=CCCCCCCCCCCCC[Si](C)(C)Cl. The Morgan fingerprint density at radius 3 is 1.56 bits per heavy atom. The highest BCUT2D eigenvalue weighted by molar-refractivity contribution is 7.19. The Labute approximate surface area is 121 Å². The molecule has 0 bridgehead atoms. The highest BCUT2D eigenvalue weighted by Gasteiger charge is 2.15. The van der Waals surface area contributed by atoms with Crippen LogP contribution in [0, 0.1) is 0 Å². The van der Waals surface area contributed by atoms with E-state index in [0.29, 0.717) is 0 Å². The van der Waals surface area contributed by atoms with Crippen LogP contribution in [-0.4, -0.2) is 7.38 Å². The minimum Gasteiger partial charge on any atom is -0.168 e. The molecule has 0 aromatic rings. The van der Waals surface area contributed by atoms with Gasteiger partial charge >= 0.3 is 0 Å². The zero-order chi connectivity index (χ0) is 13.7. The Hall–Kier alpha value is 0.247. The Kier molecular flexibility index (Phi) is 12.5. The van der Waals surface area contributed by atoms with Crippen molar-refractivity contribution >= 4 is 18.5 Å². The standard InChI is InChI=1S/C16H33ClSi/c1-4-5-6-7-8-9-10-11-12-13-14-15-16-18(2,3)17/h4H,1,5-16H2,2-3H3. The summed E-state index contributed by atoms with van der Waals surface area (Å²) in [5.74, 6) is 0. The van der Waals surface area contributed by atoms with Crippen molar-refractivity contribution in [2.24, 2.45) is 0 Å². The molecule has 0 unspecified atom stereocenters. The van der Waals surface area contributed by atoms with Gasteiger partial charge in [0.25, 0.3) is 0 Å². The maximum atomic E-state index is 6.30.